The van der Waals surface area contributed by atoms with Crippen molar-refractivity contribution in [3.8, 4) is 11.6 Å². The van der Waals surface area contributed by atoms with Crippen LogP contribution < -0.4 is 5.32 Å². The number of hydrogen-bond donors (Lipinski definition) is 1. The monoisotopic (exact) mass is 396 g/mol. The normalized spacial score (nSPS) is 11.3. The van der Waals surface area contributed by atoms with E-state index >= 15 is 0 Å². The Labute approximate surface area is 165 Å². The van der Waals surface area contributed by atoms with Gasteiger partial charge in [-0.2, -0.15) is 0 Å². The van der Waals surface area contributed by atoms with E-state index < -0.39 is 17.5 Å². The molecule has 0 bridgehead atoms. The number of amides is 1. The summed E-state index contributed by atoms with van der Waals surface area (Å²) >= 11 is 0. The van der Waals surface area contributed by atoms with Crippen molar-refractivity contribution >= 4 is 22.5 Å². The number of para-hydroxylation sites is 1. The van der Waals surface area contributed by atoms with Crippen molar-refractivity contribution in [3.63, 3.8) is 0 Å². The second kappa shape index (κ2) is 7.46. The van der Waals surface area contributed by atoms with Gasteiger partial charge in [0.25, 0.3) is 5.89 Å². The lowest BCUT2D eigenvalue weighted by Gasteiger charge is -2.10. The van der Waals surface area contributed by atoms with Crippen molar-refractivity contribution in [2.75, 3.05) is 5.32 Å². The first kappa shape index (κ1) is 18.8. The quantitative estimate of drug-likeness (QED) is 0.529. The molecule has 1 N–H and O–H groups in total. The van der Waals surface area contributed by atoms with Crippen LogP contribution in [0, 0.1) is 11.6 Å². The van der Waals surface area contributed by atoms with Gasteiger partial charge in [0, 0.05) is 22.9 Å². The second-order valence-corrected chi connectivity index (χ2v) is 6.95. The lowest BCUT2D eigenvalue weighted by molar-refractivity contribution is -0.116. The molecule has 148 valence electrons. The number of nitrogens with one attached hydrogen (secondary N) is 1. The summed E-state index contributed by atoms with van der Waals surface area (Å²) in [4.78, 5) is 12.6. The highest BCUT2D eigenvalue weighted by atomic mass is 19.1. The van der Waals surface area contributed by atoms with Gasteiger partial charge in [-0.05, 0) is 24.3 Å². The van der Waals surface area contributed by atoms with Gasteiger partial charge < -0.3 is 14.3 Å². The Balaban J connectivity index is 1.69. The Morgan fingerprint density at radius 1 is 1.14 bits per heavy atom. The topological polar surface area (TPSA) is 73.0 Å². The number of benzene rings is 2. The number of aromatic nitrogens is 3. The van der Waals surface area contributed by atoms with E-state index in [0.29, 0.717) is 17.5 Å². The first-order valence-electron chi connectivity index (χ1n) is 9.09. The van der Waals surface area contributed by atoms with E-state index in [1.54, 1.807) is 4.57 Å². The summed E-state index contributed by atoms with van der Waals surface area (Å²) in [5, 5.41) is 11.5. The minimum atomic E-state index is -0.839. The molecule has 6 nitrogen and oxygen atoms in total. The third kappa shape index (κ3) is 3.73. The van der Waals surface area contributed by atoms with E-state index in [9.17, 15) is 13.6 Å². The van der Waals surface area contributed by atoms with Crippen molar-refractivity contribution in [1.29, 1.82) is 0 Å². The number of fused-ring (bicyclic) bond motifs is 1. The number of carbonyl (C=O) groups excluding carboxylic acids is 1. The van der Waals surface area contributed by atoms with Gasteiger partial charge in [-0.25, -0.2) is 8.78 Å². The zero-order valence-electron chi connectivity index (χ0n) is 15.8. The number of nitrogens with zero attached hydrogens (tertiary/aromatic N) is 3. The Morgan fingerprint density at radius 3 is 2.66 bits per heavy atom. The van der Waals surface area contributed by atoms with Crippen LogP contribution in [0.5, 0.6) is 0 Å². The highest BCUT2D eigenvalue weighted by Gasteiger charge is 2.19. The van der Waals surface area contributed by atoms with Crippen LogP contribution in [0.2, 0.25) is 0 Å². The lowest BCUT2D eigenvalue weighted by atomic mass is 10.2. The molecule has 4 rings (SSSR count). The molecule has 0 unspecified atom stereocenters. The summed E-state index contributed by atoms with van der Waals surface area (Å²) in [6, 6.07) is 12.4. The van der Waals surface area contributed by atoms with Gasteiger partial charge in [0.05, 0.1) is 5.69 Å². The zero-order chi connectivity index (χ0) is 20.5. The fourth-order valence-electron chi connectivity index (χ4n) is 3.05. The van der Waals surface area contributed by atoms with Crippen LogP contribution in [-0.4, -0.2) is 20.7 Å². The molecular weight excluding hydrogens is 378 g/mol. The van der Waals surface area contributed by atoms with Crippen LogP contribution >= 0.6 is 0 Å². The summed E-state index contributed by atoms with van der Waals surface area (Å²) in [5.41, 5.74) is 1.29. The largest absolute Gasteiger partial charge is 0.419 e. The molecule has 0 saturated carbocycles. The molecule has 0 aliphatic rings. The van der Waals surface area contributed by atoms with E-state index in [4.69, 9.17) is 4.42 Å². The first-order valence-corrected chi connectivity index (χ1v) is 9.09. The summed E-state index contributed by atoms with van der Waals surface area (Å²) in [5.74, 6) is -1.16. The molecule has 0 aliphatic heterocycles. The van der Waals surface area contributed by atoms with Crippen molar-refractivity contribution in [3.05, 3.63) is 66.1 Å². The minimum Gasteiger partial charge on any atom is -0.419 e. The Hall–Kier alpha value is -3.55. The average Bonchev–Trinajstić information content (AvgIpc) is 3.30. The van der Waals surface area contributed by atoms with E-state index in [1.165, 1.54) is 6.07 Å². The highest BCUT2D eigenvalue weighted by Crippen LogP contribution is 2.29. The molecular formula is C21H18F2N4O2. The molecule has 2 heterocycles. The second-order valence-electron chi connectivity index (χ2n) is 6.95. The van der Waals surface area contributed by atoms with Gasteiger partial charge in [0.15, 0.2) is 0 Å². The predicted octanol–water partition coefficient (Wildman–Crippen LogP) is 4.73. The van der Waals surface area contributed by atoms with Crippen LogP contribution in [-0.2, 0) is 11.3 Å². The third-order valence-electron chi connectivity index (χ3n) is 4.47. The van der Waals surface area contributed by atoms with Crippen LogP contribution in [0.4, 0.5) is 14.5 Å². The maximum atomic E-state index is 13.9. The Bertz CT molecular complexity index is 1200. The molecule has 29 heavy (non-hydrogen) atoms. The molecule has 1 amide bonds. The first-order chi connectivity index (χ1) is 13.9. The molecule has 0 aliphatic carbocycles. The number of halogens is 2. The highest BCUT2D eigenvalue weighted by molar-refractivity contribution is 5.93. The maximum absolute atomic E-state index is 13.9. The third-order valence-corrected chi connectivity index (χ3v) is 4.47. The minimum absolute atomic E-state index is 0.0684. The fraction of sp³-hybridized carbons (Fsp3) is 0.190. The van der Waals surface area contributed by atoms with Gasteiger partial charge in [0.2, 0.25) is 11.8 Å². The maximum Gasteiger partial charge on any atom is 0.264 e. The summed E-state index contributed by atoms with van der Waals surface area (Å²) in [7, 11) is 0. The fourth-order valence-corrected chi connectivity index (χ4v) is 3.05. The van der Waals surface area contributed by atoms with Crippen molar-refractivity contribution in [2.24, 2.45) is 0 Å². The molecule has 2 aromatic carbocycles. The lowest BCUT2D eigenvalue weighted by Crippen LogP contribution is -2.20. The Kier molecular flexibility index (Phi) is 4.84. The van der Waals surface area contributed by atoms with Gasteiger partial charge in [-0.15, -0.1) is 10.2 Å². The summed E-state index contributed by atoms with van der Waals surface area (Å²) < 4.78 is 34.4. The number of carbonyl (C=O) groups is 1. The summed E-state index contributed by atoms with van der Waals surface area (Å²) in [6.07, 6.45) is 0. The van der Waals surface area contributed by atoms with Gasteiger partial charge >= 0.3 is 0 Å². The molecule has 2 aromatic heterocycles. The van der Waals surface area contributed by atoms with E-state index in [2.05, 4.69) is 15.5 Å². The smallest absolute Gasteiger partial charge is 0.264 e. The molecule has 4 aromatic rings. The van der Waals surface area contributed by atoms with E-state index in [1.807, 2.05) is 44.2 Å². The van der Waals surface area contributed by atoms with Gasteiger partial charge in [0.1, 0.15) is 23.9 Å². The molecule has 8 heteroatoms. The van der Waals surface area contributed by atoms with E-state index in [-0.39, 0.29) is 18.2 Å². The van der Waals surface area contributed by atoms with Gasteiger partial charge in [-0.3, -0.25) is 4.79 Å². The molecule has 0 saturated heterocycles. The number of hydrogen-bond acceptors (Lipinski definition) is 4. The Morgan fingerprint density at radius 2 is 1.93 bits per heavy atom. The number of rotatable bonds is 5. The van der Waals surface area contributed by atoms with Crippen LogP contribution in [0.3, 0.4) is 0 Å². The van der Waals surface area contributed by atoms with Crippen LogP contribution in [0.15, 0.2) is 52.9 Å². The molecule has 0 atom stereocenters. The zero-order valence-corrected chi connectivity index (χ0v) is 15.8. The van der Waals surface area contributed by atoms with Crippen molar-refractivity contribution in [2.45, 2.75) is 26.3 Å². The predicted molar refractivity (Wildman–Crippen MR) is 104 cm³/mol. The molecule has 0 spiro atoms. The standard InChI is InChI=1S/C21H18F2N4O2/c1-12(2)20-25-26-21(29-20)18-9-13-5-3-4-6-17(13)27(18)11-19(28)24-16-8-7-14(22)10-15(16)23/h3-10,12H,11H2,1-2H3,(H,24,28). The molecule has 0 radical (unpaired) electrons. The summed E-state index contributed by atoms with van der Waals surface area (Å²) in [6.45, 7) is 3.77. The van der Waals surface area contributed by atoms with Crippen LogP contribution in [0.25, 0.3) is 22.5 Å². The van der Waals surface area contributed by atoms with Gasteiger partial charge in [-0.1, -0.05) is 32.0 Å². The average molecular weight is 396 g/mol. The van der Waals surface area contributed by atoms with Crippen LogP contribution in [0.1, 0.15) is 25.7 Å². The van der Waals surface area contributed by atoms with Crippen molar-refractivity contribution < 1.29 is 18.0 Å². The molecule has 0 fully saturated rings. The van der Waals surface area contributed by atoms with Crippen molar-refractivity contribution in [1.82, 2.24) is 14.8 Å². The van der Waals surface area contributed by atoms with E-state index in [0.717, 1.165) is 23.0 Å². The SMILES string of the molecule is CC(C)c1nnc(-c2cc3ccccc3n2CC(=O)Nc2ccc(F)cc2F)o1. The number of anilines is 1.